The molecule has 0 saturated heterocycles. The molecule has 0 aliphatic heterocycles. The van der Waals surface area contributed by atoms with Crippen LogP contribution in [0.4, 0.5) is 0 Å². The van der Waals surface area contributed by atoms with E-state index in [0.717, 1.165) is 17.8 Å². The van der Waals surface area contributed by atoms with Gasteiger partial charge >= 0.3 is 0 Å². The Labute approximate surface area is 138 Å². The zero-order valence-corrected chi connectivity index (χ0v) is 15.0. The maximum absolute atomic E-state index is 5.88. The van der Waals surface area contributed by atoms with Gasteiger partial charge in [0.05, 0.1) is 27.2 Å². The molecule has 0 aliphatic rings. The summed E-state index contributed by atoms with van der Waals surface area (Å²) < 4.78 is 6.84. The van der Waals surface area contributed by atoms with Gasteiger partial charge in [0.2, 0.25) is 0 Å². The lowest BCUT2D eigenvalue weighted by molar-refractivity contribution is -0.910. The summed E-state index contributed by atoms with van der Waals surface area (Å²) in [5, 5.41) is 0. The average Bonchev–Trinajstić information content (AvgIpc) is 2.51. The first-order valence-electron chi connectivity index (χ1n) is 9.08. The van der Waals surface area contributed by atoms with Crippen LogP contribution in [-0.2, 0) is 11.3 Å². The van der Waals surface area contributed by atoms with Gasteiger partial charge in [-0.15, -0.1) is 0 Å². The standard InChI is InChI=1S/C20H36NO/c1-4-5-6-7-8-9-10-14-17-21(2,3)19-22-18-20-15-12-11-13-16-20/h11-13,15-16H,4-10,14,17-19H2,1-3H3/q+1. The molecule has 22 heavy (non-hydrogen) atoms. The van der Waals surface area contributed by atoms with Gasteiger partial charge < -0.3 is 9.22 Å². The van der Waals surface area contributed by atoms with Gasteiger partial charge in [0.25, 0.3) is 0 Å². The van der Waals surface area contributed by atoms with Crippen molar-refractivity contribution in [3.8, 4) is 0 Å². The Balaban J connectivity index is 2.01. The number of hydrogen-bond donors (Lipinski definition) is 0. The van der Waals surface area contributed by atoms with Gasteiger partial charge in [0.1, 0.15) is 0 Å². The summed E-state index contributed by atoms with van der Waals surface area (Å²) in [6.07, 6.45) is 11.1. The molecule has 0 N–H and O–H groups in total. The van der Waals surface area contributed by atoms with Crippen LogP contribution in [0, 0.1) is 0 Å². The molecule has 0 heterocycles. The number of rotatable bonds is 13. The normalized spacial score (nSPS) is 11.8. The van der Waals surface area contributed by atoms with E-state index in [1.807, 2.05) is 6.07 Å². The lowest BCUT2D eigenvalue weighted by Gasteiger charge is -2.29. The fourth-order valence-electron chi connectivity index (χ4n) is 2.72. The van der Waals surface area contributed by atoms with Gasteiger partial charge in [-0.25, -0.2) is 0 Å². The van der Waals surface area contributed by atoms with Crippen molar-refractivity contribution in [3.05, 3.63) is 35.9 Å². The number of benzene rings is 1. The number of quaternary nitrogens is 1. The molecule has 2 heteroatoms. The molecule has 126 valence electrons. The Kier molecular flexibility index (Phi) is 10.2. The van der Waals surface area contributed by atoms with Gasteiger partial charge in [-0.2, -0.15) is 0 Å². The molecule has 2 nitrogen and oxygen atoms in total. The molecule has 0 aliphatic carbocycles. The first-order valence-corrected chi connectivity index (χ1v) is 9.08. The highest BCUT2D eigenvalue weighted by Crippen LogP contribution is 2.11. The van der Waals surface area contributed by atoms with E-state index in [9.17, 15) is 0 Å². The molecule has 1 rings (SSSR count). The summed E-state index contributed by atoms with van der Waals surface area (Å²) in [7, 11) is 4.54. The first-order chi connectivity index (χ1) is 10.6. The Morgan fingerprint density at radius 2 is 1.41 bits per heavy atom. The quantitative estimate of drug-likeness (QED) is 0.270. The molecule has 0 saturated carbocycles. The van der Waals surface area contributed by atoms with Gasteiger partial charge in [-0.1, -0.05) is 75.8 Å². The van der Waals surface area contributed by atoms with Crippen LogP contribution in [0.1, 0.15) is 63.9 Å². The molecule has 1 aromatic carbocycles. The SMILES string of the molecule is CCCCCCCCCC[N+](C)(C)COCc1ccccc1. The largest absolute Gasteiger partial charge is 0.327 e. The van der Waals surface area contributed by atoms with Crippen molar-refractivity contribution in [1.82, 2.24) is 0 Å². The second-order valence-electron chi connectivity index (χ2n) is 7.10. The smallest absolute Gasteiger partial charge is 0.183 e. The van der Waals surface area contributed by atoms with Crippen molar-refractivity contribution in [2.45, 2.75) is 64.9 Å². The van der Waals surface area contributed by atoms with Gasteiger partial charge in [-0.05, 0) is 18.4 Å². The van der Waals surface area contributed by atoms with Crippen LogP contribution < -0.4 is 0 Å². The highest BCUT2D eigenvalue weighted by Gasteiger charge is 2.14. The average molecular weight is 307 g/mol. The van der Waals surface area contributed by atoms with Gasteiger partial charge in [0.15, 0.2) is 6.73 Å². The van der Waals surface area contributed by atoms with Crippen molar-refractivity contribution >= 4 is 0 Å². The van der Waals surface area contributed by atoms with Gasteiger partial charge in [-0.3, -0.25) is 0 Å². The van der Waals surface area contributed by atoms with Crippen molar-refractivity contribution in [2.75, 3.05) is 27.4 Å². The Hall–Kier alpha value is -0.860. The molecule has 0 aromatic heterocycles. The second kappa shape index (κ2) is 11.7. The highest BCUT2D eigenvalue weighted by atomic mass is 16.5. The predicted molar refractivity (Wildman–Crippen MR) is 95.7 cm³/mol. The predicted octanol–water partition coefficient (Wildman–Crippen LogP) is 5.38. The Morgan fingerprint density at radius 1 is 0.818 bits per heavy atom. The lowest BCUT2D eigenvalue weighted by atomic mass is 10.1. The van der Waals surface area contributed by atoms with Crippen molar-refractivity contribution < 1.29 is 9.22 Å². The molecule has 0 bridgehead atoms. The van der Waals surface area contributed by atoms with Crippen LogP contribution in [0.2, 0.25) is 0 Å². The molecular weight excluding hydrogens is 270 g/mol. The molecule has 0 spiro atoms. The van der Waals surface area contributed by atoms with Crippen molar-refractivity contribution in [3.63, 3.8) is 0 Å². The van der Waals surface area contributed by atoms with Crippen LogP contribution in [0.5, 0.6) is 0 Å². The maximum atomic E-state index is 5.88. The van der Waals surface area contributed by atoms with Crippen LogP contribution in [0.3, 0.4) is 0 Å². The summed E-state index contributed by atoms with van der Waals surface area (Å²) in [5.41, 5.74) is 1.26. The minimum atomic E-state index is 0.722. The van der Waals surface area contributed by atoms with Crippen LogP contribution in [-0.4, -0.2) is 31.9 Å². The summed E-state index contributed by atoms with van der Waals surface area (Å²) in [4.78, 5) is 0. The summed E-state index contributed by atoms with van der Waals surface area (Å²) >= 11 is 0. The fourth-order valence-corrected chi connectivity index (χ4v) is 2.72. The summed E-state index contributed by atoms with van der Waals surface area (Å²) in [6.45, 7) is 5.01. The third-order valence-electron chi connectivity index (χ3n) is 4.17. The molecule has 0 unspecified atom stereocenters. The molecular formula is C20H36NO+. The van der Waals surface area contributed by atoms with E-state index in [2.05, 4.69) is 45.3 Å². The highest BCUT2D eigenvalue weighted by molar-refractivity contribution is 5.13. The number of hydrogen-bond acceptors (Lipinski definition) is 1. The zero-order chi connectivity index (χ0) is 16.1. The number of nitrogens with zero attached hydrogens (tertiary/aromatic N) is 1. The van der Waals surface area contributed by atoms with Gasteiger partial charge in [0, 0.05) is 0 Å². The molecule has 1 aromatic rings. The fraction of sp³-hybridized carbons (Fsp3) is 0.700. The van der Waals surface area contributed by atoms with Crippen LogP contribution in [0.25, 0.3) is 0 Å². The van der Waals surface area contributed by atoms with Crippen LogP contribution >= 0.6 is 0 Å². The maximum Gasteiger partial charge on any atom is 0.183 e. The molecule has 0 fully saturated rings. The van der Waals surface area contributed by atoms with Crippen molar-refractivity contribution in [1.29, 1.82) is 0 Å². The number of unbranched alkanes of at least 4 members (excludes halogenated alkanes) is 7. The lowest BCUT2D eigenvalue weighted by Crippen LogP contribution is -2.42. The van der Waals surface area contributed by atoms with Crippen LogP contribution in [0.15, 0.2) is 30.3 Å². The minimum absolute atomic E-state index is 0.722. The van der Waals surface area contributed by atoms with E-state index in [1.54, 1.807) is 0 Å². The van der Waals surface area contributed by atoms with E-state index in [1.165, 1.54) is 63.5 Å². The third-order valence-corrected chi connectivity index (χ3v) is 4.17. The topological polar surface area (TPSA) is 9.23 Å². The van der Waals surface area contributed by atoms with E-state index in [-0.39, 0.29) is 0 Å². The molecule has 0 atom stereocenters. The Morgan fingerprint density at radius 3 is 2.05 bits per heavy atom. The third kappa shape index (κ3) is 9.97. The summed E-state index contributed by atoms with van der Waals surface area (Å²) in [5.74, 6) is 0. The van der Waals surface area contributed by atoms with E-state index < -0.39 is 0 Å². The minimum Gasteiger partial charge on any atom is -0.327 e. The van der Waals surface area contributed by atoms with E-state index >= 15 is 0 Å². The van der Waals surface area contributed by atoms with E-state index in [0.29, 0.717) is 0 Å². The van der Waals surface area contributed by atoms with E-state index in [4.69, 9.17) is 4.74 Å². The summed E-state index contributed by atoms with van der Waals surface area (Å²) in [6, 6.07) is 10.4. The molecule has 0 radical (unpaired) electrons. The number of ether oxygens (including phenoxy) is 1. The first kappa shape index (κ1) is 19.2. The monoisotopic (exact) mass is 306 g/mol. The Bertz CT molecular complexity index is 361. The second-order valence-corrected chi connectivity index (χ2v) is 7.10. The van der Waals surface area contributed by atoms with Crippen molar-refractivity contribution in [2.24, 2.45) is 0 Å². The zero-order valence-electron chi connectivity index (χ0n) is 15.0. The molecule has 0 amide bonds.